The van der Waals surface area contributed by atoms with Crippen molar-refractivity contribution in [2.75, 3.05) is 24.6 Å². The number of anilines is 1. The Morgan fingerprint density at radius 2 is 1.68 bits per heavy atom. The minimum atomic E-state index is -0.487. The van der Waals surface area contributed by atoms with Crippen LogP contribution in [0, 0.1) is 6.92 Å². The van der Waals surface area contributed by atoms with Crippen molar-refractivity contribution in [1.82, 2.24) is 0 Å². The molecule has 0 N–H and O–H groups in total. The fourth-order valence-electron chi connectivity index (χ4n) is 3.28. The maximum absolute atomic E-state index is 12.7. The Hall–Kier alpha value is -3.60. The molecule has 0 aliphatic rings. The number of benzene rings is 3. The quantitative estimate of drug-likeness (QED) is 0.346. The van der Waals surface area contributed by atoms with E-state index in [4.69, 9.17) is 9.47 Å². The second kappa shape index (κ2) is 11.0. The Morgan fingerprint density at radius 3 is 2.29 bits per heavy atom. The van der Waals surface area contributed by atoms with Crippen LogP contribution in [0.15, 0.2) is 78.9 Å². The zero-order valence-corrected chi connectivity index (χ0v) is 17.9. The molecule has 3 aromatic rings. The standard InChI is InChI=1S/C26H27NO4/c1-3-27(23-15-14-22(18-28)20(2)16-23)17-25(19-30-24-12-8-5-9-13-24)31-26(29)21-10-6-4-7-11-21/h4-16,18,25H,3,17,19H2,1-2H3. The molecule has 3 rings (SSSR count). The predicted molar refractivity (Wildman–Crippen MR) is 122 cm³/mol. The molecule has 31 heavy (non-hydrogen) atoms. The molecule has 0 aromatic heterocycles. The third-order valence-corrected chi connectivity index (χ3v) is 5.01. The van der Waals surface area contributed by atoms with E-state index in [-0.39, 0.29) is 12.6 Å². The van der Waals surface area contributed by atoms with Crippen molar-refractivity contribution < 1.29 is 19.1 Å². The number of hydrogen-bond donors (Lipinski definition) is 0. The molecule has 5 heteroatoms. The smallest absolute Gasteiger partial charge is 0.338 e. The van der Waals surface area contributed by atoms with E-state index in [1.165, 1.54) is 0 Å². The minimum absolute atomic E-state index is 0.227. The first kappa shape index (κ1) is 22.1. The van der Waals surface area contributed by atoms with Crippen LogP contribution in [-0.2, 0) is 4.74 Å². The summed E-state index contributed by atoms with van der Waals surface area (Å²) in [6.07, 6.45) is 0.368. The number of rotatable bonds is 10. The van der Waals surface area contributed by atoms with Crippen molar-refractivity contribution in [3.8, 4) is 5.75 Å². The molecule has 5 nitrogen and oxygen atoms in total. The highest BCUT2D eigenvalue weighted by molar-refractivity contribution is 5.89. The molecule has 0 heterocycles. The number of nitrogens with zero attached hydrogens (tertiary/aromatic N) is 1. The molecule has 0 saturated heterocycles. The number of esters is 1. The van der Waals surface area contributed by atoms with Crippen molar-refractivity contribution in [2.24, 2.45) is 0 Å². The van der Waals surface area contributed by atoms with Gasteiger partial charge in [-0.25, -0.2) is 4.79 Å². The summed E-state index contributed by atoms with van der Waals surface area (Å²) in [7, 11) is 0. The minimum Gasteiger partial charge on any atom is -0.490 e. The maximum atomic E-state index is 12.7. The average molecular weight is 418 g/mol. The molecular formula is C26H27NO4. The lowest BCUT2D eigenvalue weighted by molar-refractivity contribution is 0.0196. The molecule has 0 radical (unpaired) electrons. The Labute approximate surface area is 183 Å². The van der Waals surface area contributed by atoms with Crippen LogP contribution in [0.25, 0.3) is 0 Å². The van der Waals surface area contributed by atoms with Crippen molar-refractivity contribution in [2.45, 2.75) is 20.0 Å². The van der Waals surface area contributed by atoms with E-state index in [0.717, 1.165) is 23.3 Å². The van der Waals surface area contributed by atoms with Gasteiger partial charge in [0.1, 0.15) is 18.6 Å². The fourth-order valence-corrected chi connectivity index (χ4v) is 3.28. The zero-order valence-electron chi connectivity index (χ0n) is 17.9. The SMILES string of the molecule is CCN(CC(COc1ccccc1)OC(=O)c1ccccc1)c1ccc(C=O)c(C)c1. The number of ether oxygens (including phenoxy) is 2. The molecule has 1 atom stereocenters. The van der Waals surface area contributed by atoms with Gasteiger partial charge in [0, 0.05) is 17.8 Å². The summed E-state index contributed by atoms with van der Waals surface area (Å²) in [4.78, 5) is 25.9. The van der Waals surface area contributed by atoms with Gasteiger partial charge in [0.25, 0.3) is 0 Å². The van der Waals surface area contributed by atoms with Gasteiger partial charge in [0.15, 0.2) is 6.10 Å². The van der Waals surface area contributed by atoms with Crippen LogP contribution in [0.1, 0.15) is 33.2 Å². The van der Waals surface area contributed by atoms with Gasteiger partial charge < -0.3 is 14.4 Å². The molecule has 0 saturated carbocycles. The largest absolute Gasteiger partial charge is 0.490 e. The highest BCUT2D eigenvalue weighted by atomic mass is 16.6. The first-order chi connectivity index (χ1) is 15.1. The van der Waals surface area contributed by atoms with Gasteiger partial charge in [0.2, 0.25) is 0 Å². The topological polar surface area (TPSA) is 55.8 Å². The number of aryl methyl sites for hydroxylation is 1. The second-order valence-electron chi connectivity index (χ2n) is 7.21. The summed E-state index contributed by atoms with van der Waals surface area (Å²) >= 11 is 0. The van der Waals surface area contributed by atoms with Crippen LogP contribution in [0.4, 0.5) is 5.69 Å². The lowest BCUT2D eigenvalue weighted by atomic mass is 10.1. The first-order valence-electron chi connectivity index (χ1n) is 10.4. The lowest BCUT2D eigenvalue weighted by Gasteiger charge is -2.29. The van der Waals surface area contributed by atoms with Gasteiger partial charge in [-0.1, -0.05) is 36.4 Å². The molecule has 0 spiro atoms. The van der Waals surface area contributed by atoms with E-state index >= 15 is 0 Å². The van der Waals surface area contributed by atoms with Crippen molar-refractivity contribution >= 4 is 17.9 Å². The van der Waals surface area contributed by atoms with E-state index in [9.17, 15) is 9.59 Å². The average Bonchev–Trinajstić information content (AvgIpc) is 2.81. The summed E-state index contributed by atoms with van der Waals surface area (Å²) in [6, 6.07) is 24.1. The van der Waals surface area contributed by atoms with Crippen LogP contribution in [-0.4, -0.2) is 38.1 Å². The Bertz CT molecular complexity index is 989. The van der Waals surface area contributed by atoms with Crippen LogP contribution in [0.5, 0.6) is 5.75 Å². The number of hydrogen-bond acceptors (Lipinski definition) is 5. The number of likely N-dealkylation sites (N-methyl/N-ethyl adjacent to an activating group) is 1. The van der Waals surface area contributed by atoms with Crippen molar-refractivity contribution in [1.29, 1.82) is 0 Å². The number of carbonyl (C=O) groups is 2. The summed E-state index contributed by atoms with van der Waals surface area (Å²) in [6.45, 7) is 5.35. The molecule has 1 unspecified atom stereocenters. The van der Waals surface area contributed by atoms with Gasteiger partial charge >= 0.3 is 5.97 Å². The molecule has 0 fully saturated rings. The Kier molecular flexibility index (Phi) is 7.82. The van der Waals surface area contributed by atoms with E-state index in [0.29, 0.717) is 24.2 Å². The molecule has 0 aliphatic heterocycles. The lowest BCUT2D eigenvalue weighted by Crippen LogP contribution is -2.38. The number of carbonyl (C=O) groups excluding carboxylic acids is 2. The Balaban J connectivity index is 1.77. The molecule has 160 valence electrons. The van der Waals surface area contributed by atoms with Gasteiger partial charge in [-0.3, -0.25) is 4.79 Å². The molecule has 0 bridgehead atoms. The third kappa shape index (κ3) is 6.19. The van der Waals surface area contributed by atoms with Crippen molar-refractivity contribution in [3.63, 3.8) is 0 Å². The van der Waals surface area contributed by atoms with Crippen LogP contribution >= 0.6 is 0 Å². The normalized spacial score (nSPS) is 11.4. The van der Waals surface area contributed by atoms with E-state index < -0.39 is 6.10 Å². The molecule has 3 aromatic carbocycles. The number of aldehydes is 1. The van der Waals surface area contributed by atoms with Crippen molar-refractivity contribution in [3.05, 3.63) is 95.6 Å². The fraction of sp³-hybridized carbons (Fsp3) is 0.231. The zero-order chi connectivity index (χ0) is 22.1. The monoisotopic (exact) mass is 417 g/mol. The second-order valence-corrected chi connectivity index (χ2v) is 7.21. The highest BCUT2D eigenvalue weighted by Gasteiger charge is 2.21. The maximum Gasteiger partial charge on any atom is 0.338 e. The molecular weight excluding hydrogens is 390 g/mol. The molecule has 0 amide bonds. The van der Waals surface area contributed by atoms with Crippen LogP contribution < -0.4 is 9.64 Å². The first-order valence-corrected chi connectivity index (χ1v) is 10.4. The van der Waals surface area contributed by atoms with Gasteiger partial charge in [0.05, 0.1) is 12.1 Å². The van der Waals surface area contributed by atoms with Gasteiger partial charge in [-0.2, -0.15) is 0 Å². The predicted octanol–water partition coefficient (Wildman–Crippen LogP) is 4.94. The Morgan fingerprint density at radius 1 is 1.00 bits per heavy atom. The van der Waals surface area contributed by atoms with Crippen LogP contribution in [0.2, 0.25) is 0 Å². The van der Waals surface area contributed by atoms with E-state index in [1.807, 2.05) is 80.6 Å². The van der Waals surface area contributed by atoms with Gasteiger partial charge in [-0.05, 0) is 61.9 Å². The summed E-state index contributed by atoms with van der Waals surface area (Å²) in [5.41, 5.74) is 3.04. The van der Waals surface area contributed by atoms with E-state index in [2.05, 4.69) is 4.90 Å². The highest BCUT2D eigenvalue weighted by Crippen LogP contribution is 2.20. The van der Waals surface area contributed by atoms with Gasteiger partial charge in [-0.15, -0.1) is 0 Å². The number of para-hydroxylation sites is 1. The summed E-state index contributed by atoms with van der Waals surface area (Å²) in [5.74, 6) is 0.336. The molecule has 0 aliphatic carbocycles. The third-order valence-electron chi connectivity index (χ3n) is 5.01. The summed E-state index contributed by atoms with van der Waals surface area (Å²) in [5, 5.41) is 0. The summed E-state index contributed by atoms with van der Waals surface area (Å²) < 4.78 is 11.7. The van der Waals surface area contributed by atoms with Crippen LogP contribution in [0.3, 0.4) is 0 Å². The van der Waals surface area contributed by atoms with E-state index in [1.54, 1.807) is 12.1 Å².